The first-order chi connectivity index (χ1) is 14.9. The largest absolute Gasteiger partial charge is 0.497 e. The molecule has 31 heavy (non-hydrogen) atoms. The van der Waals surface area contributed by atoms with Gasteiger partial charge in [0, 0.05) is 36.8 Å². The van der Waals surface area contributed by atoms with Gasteiger partial charge in [0.05, 0.1) is 12.0 Å². The molecule has 0 radical (unpaired) electrons. The molecule has 1 atom stereocenters. The van der Waals surface area contributed by atoms with Crippen molar-refractivity contribution in [3.63, 3.8) is 0 Å². The van der Waals surface area contributed by atoms with Gasteiger partial charge in [-0.3, -0.25) is 19.7 Å². The van der Waals surface area contributed by atoms with E-state index in [9.17, 15) is 19.7 Å². The van der Waals surface area contributed by atoms with Crippen LogP contribution in [0.15, 0.2) is 36.4 Å². The molecule has 2 aliphatic rings. The molecular formula is C23H25N3O5. The first kappa shape index (κ1) is 20.8. The maximum absolute atomic E-state index is 13.3. The summed E-state index contributed by atoms with van der Waals surface area (Å²) in [5.41, 5.74) is 3.07. The van der Waals surface area contributed by atoms with Gasteiger partial charge in [-0.15, -0.1) is 0 Å². The van der Waals surface area contributed by atoms with E-state index in [1.54, 1.807) is 18.9 Å². The third-order valence-electron chi connectivity index (χ3n) is 6.18. The lowest BCUT2D eigenvalue weighted by Gasteiger charge is -2.33. The van der Waals surface area contributed by atoms with Crippen LogP contribution in [-0.2, 0) is 17.8 Å². The van der Waals surface area contributed by atoms with Crippen LogP contribution >= 0.6 is 0 Å². The van der Waals surface area contributed by atoms with Gasteiger partial charge in [0.25, 0.3) is 11.6 Å². The molecule has 4 rings (SSSR count). The number of hydrogen-bond donors (Lipinski definition) is 0. The zero-order valence-electron chi connectivity index (χ0n) is 17.7. The average Bonchev–Trinajstić information content (AvgIpc) is 3.26. The molecule has 1 fully saturated rings. The maximum atomic E-state index is 13.3. The van der Waals surface area contributed by atoms with E-state index in [-0.39, 0.29) is 17.5 Å². The molecule has 2 amide bonds. The van der Waals surface area contributed by atoms with Gasteiger partial charge in [0.2, 0.25) is 5.91 Å². The van der Waals surface area contributed by atoms with Crippen LogP contribution < -0.4 is 4.74 Å². The molecule has 1 saturated heterocycles. The molecule has 0 unspecified atom stereocenters. The highest BCUT2D eigenvalue weighted by Gasteiger charge is 2.38. The van der Waals surface area contributed by atoms with Gasteiger partial charge < -0.3 is 14.5 Å². The molecule has 0 saturated carbocycles. The molecule has 0 N–H and O–H groups in total. The second-order valence-electron chi connectivity index (χ2n) is 8.06. The summed E-state index contributed by atoms with van der Waals surface area (Å²) in [5.74, 6) is 0.463. The summed E-state index contributed by atoms with van der Waals surface area (Å²) in [4.78, 5) is 40.5. The van der Waals surface area contributed by atoms with Gasteiger partial charge in [-0.05, 0) is 61.6 Å². The second-order valence-corrected chi connectivity index (χ2v) is 8.06. The van der Waals surface area contributed by atoms with Crippen molar-refractivity contribution in [2.75, 3.05) is 20.2 Å². The Hall–Kier alpha value is -3.42. The number of methoxy groups -OCH3 is 1. The number of likely N-dealkylation sites (tertiary alicyclic amines) is 1. The third kappa shape index (κ3) is 3.97. The molecule has 2 heterocycles. The number of benzene rings is 2. The third-order valence-corrected chi connectivity index (χ3v) is 6.18. The SMILES string of the molecule is COc1ccc2c(c1)CN(C(=O)[C@@H]1CCCN1C(=O)c1ccc([N+](=O)[O-])c(C)c1)CC2. The quantitative estimate of drug-likeness (QED) is 0.557. The summed E-state index contributed by atoms with van der Waals surface area (Å²) in [7, 11) is 1.62. The monoisotopic (exact) mass is 423 g/mol. The molecule has 0 aliphatic carbocycles. The van der Waals surface area contributed by atoms with Crippen molar-refractivity contribution in [3.05, 3.63) is 68.8 Å². The minimum Gasteiger partial charge on any atom is -0.497 e. The standard InChI is InChI=1S/C23H25N3O5/c1-15-12-17(6-8-20(15)26(29)30)22(27)25-10-3-4-21(25)23(28)24-11-9-16-5-7-19(31-2)13-18(16)14-24/h5-8,12-13,21H,3-4,9-11,14H2,1-2H3/t21-/m0/s1. The predicted molar refractivity (Wildman–Crippen MR) is 114 cm³/mol. The fraction of sp³-hybridized carbons (Fsp3) is 0.391. The smallest absolute Gasteiger partial charge is 0.272 e. The Labute approximate surface area is 180 Å². The lowest BCUT2D eigenvalue weighted by molar-refractivity contribution is -0.385. The average molecular weight is 423 g/mol. The molecule has 2 aromatic carbocycles. The molecule has 162 valence electrons. The van der Waals surface area contributed by atoms with Crippen LogP contribution in [0.4, 0.5) is 5.69 Å². The first-order valence-corrected chi connectivity index (χ1v) is 10.4. The van der Waals surface area contributed by atoms with Crippen LogP contribution in [0.25, 0.3) is 0 Å². The topological polar surface area (TPSA) is 93.0 Å². The molecule has 8 heteroatoms. The van der Waals surface area contributed by atoms with Crippen LogP contribution in [0.3, 0.4) is 0 Å². The summed E-state index contributed by atoms with van der Waals surface area (Å²) in [5, 5.41) is 11.1. The highest BCUT2D eigenvalue weighted by Crippen LogP contribution is 2.28. The Morgan fingerprint density at radius 2 is 1.94 bits per heavy atom. The van der Waals surface area contributed by atoms with Crippen LogP contribution in [0.5, 0.6) is 5.75 Å². The van der Waals surface area contributed by atoms with E-state index in [0.717, 1.165) is 24.2 Å². The van der Waals surface area contributed by atoms with Gasteiger partial charge in [-0.1, -0.05) is 6.07 Å². The Bertz CT molecular complexity index is 1050. The first-order valence-electron chi connectivity index (χ1n) is 10.4. The normalized spacial score (nSPS) is 17.9. The van der Waals surface area contributed by atoms with Crippen LogP contribution in [-0.4, -0.2) is 52.8 Å². The Kier molecular flexibility index (Phi) is 5.63. The van der Waals surface area contributed by atoms with Crippen molar-refractivity contribution < 1.29 is 19.2 Å². The Balaban J connectivity index is 1.51. The van der Waals surface area contributed by atoms with Crippen molar-refractivity contribution in [3.8, 4) is 5.75 Å². The van der Waals surface area contributed by atoms with Crippen molar-refractivity contribution >= 4 is 17.5 Å². The molecule has 8 nitrogen and oxygen atoms in total. The molecule has 0 bridgehead atoms. The number of fused-ring (bicyclic) bond motifs is 1. The summed E-state index contributed by atoms with van der Waals surface area (Å²) >= 11 is 0. The summed E-state index contributed by atoms with van der Waals surface area (Å²) in [6.45, 7) is 3.23. The van der Waals surface area contributed by atoms with Gasteiger partial charge in [-0.2, -0.15) is 0 Å². The van der Waals surface area contributed by atoms with Gasteiger partial charge >= 0.3 is 0 Å². The number of ether oxygens (including phenoxy) is 1. The summed E-state index contributed by atoms with van der Waals surface area (Å²) < 4.78 is 5.31. The van der Waals surface area contributed by atoms with Crippen LogP contribution in [0, 0.1) is 17.0 Å². The second kappa shape index (κ2) is 8.37. The Morgan fingerprint density at radius 1 is 1.13 bits per heavy atom. The highest BCUT2D eigenvalue weighted by molar-refractivity contribution is 5.98. The van der Waals surface area contributed by atoms with Gasteiger partial charge in [-0.25, -0.2) is 0 Å². The molecular weight excluding hydrogens is 398 g/mol. The van der Waals surface area contributed by atoms with Crippen LogP contribution in [0.1, 0.15) is 39.9 Å². The minimum absolute atomic E-state index is 0.0204. The van der Waals surface area contributed by atoms with E-state index in [1.165, 1.54) is 23.8 Å². The maximum Gasteiger partial charge on any atom is 0.272 e. The minimum atomic E-state index is -0.504. The van der Waals surface area contributed by atoms with E-state index in [0.29, 0.717) is 37.2 Å². The number of carbonyl (C=O) groups is 2. The van der Waals surface area contributed by atoms with E-state index in [2.05, 4.69) is 0 Å². The number of amides is 2. The number of aryl methyl sites for hydroxylation is 1. The molecule has 2 aliphatic heterocycles. The zero-order valence-corrected chi connectivity index (χ0v) is 17.7. The number of nitro groups is 1. The van der Waals surface area contributed by atoms with Crippen molar-refractivity contribution in [2.24, 2.45) is 0 Å². The summed E-state index contributed by atoms with van der Waals surface area (Å²) in [6, 6.07) is 9.78. The number of hydrogen-bond acceptors (Lipinski definition) is 5. The lowest BCUT2D eigenvalue weighted by Crippen LogP contribution is -2.49. The van der Waals surface area contributed by atoms with E-state index >= 15 is 0 Å². The summed E-state index contributed by atoms with van der Waals surface area (Å²) in [6.07, 6.45) is 2.15. The highest BCUT2D eigenvalue weighted by atomic mass is 16.6. The van der Waals surface area contributed by atoms with E-state index in [1.807, 2.05) is 23.1 Å². The molecule has 0 spiro atoms. The van der Waals surface area contributed by atoms with Crippen molar-refractivity contribution in [2.45, 2.75) is 38.8 Å². The number of carbonyl (C=O) groups excluding carboxylic acids is 2. The Morgan fingerprint density at radius 3 is 2.65 bits per heavy atom. The van der Waals surface area contributed by atoms with E-state index in [4.69, 9.17) is 4.74 Å². The van der Waals surface area contributed by atoms with Crippen LogP contribution in [0.2, 0.25) is 0 Å². The van der Waals surface area contributed by atoms with Gasteiger partial charge in [0.15, 0.2) is 0 Å². The van der Waals surface area contributed by atoms with Crippen molar-refractivity contribution in [1.82, 2.24) is 9.80 Å². The van der Waals surface area contributed by atoms with Crippen molar-refractivity contribution in [1.29, 1.82) is 0 Å². The number of rotatable bonds is 4. The van der Waals surface area contributed by atoms with Gasteiger partial charge in [0.1, 0.15) is 11.8 Å². The number of nitro benzene ring substituents is 1. The lowest BCUT2D eigenvalue weighted by atomic mass is 9.98. The molecule has 2 aromatic rings. The zero-order chi connectivity index (χ0) is 22.1. The number of nitrogens with zero attached hydrogens (tertiary/aromatic N) is 3. The van der Waals surface area contributed by atoms with E-state index < -0.39 is 11.0 Å². The molecule has 0 aromatic heterocycles. The fourth-order valence-electron chi connectivity index (χ4n) is 4.48. The fourth-order valence-corrected chi connectivity index (χ4v) is 4.48. The predicted octanol–water partition coefficient (Wildman–Crippen LogP) is 3.10.